The molecule has 27 heavy (non-hydrogen) atoms. The van der Waals surface area contributed by atoms with Crippen LogP contribution in [0.15, 0.2) is 35.1 Å². The van der Waals surface area contributed by atoms with Crippen LogP contribution in [0.1, 0.15) is 29.4 Å². The van der Waals surface area contributed by atoms with Crippen molar-refractivity contribution in [1.82, 2.24) is 9.88 Å². The summed E-state index contributed by atoms with van der Waals surface area (Å²) >= 11 is 1.34. The quantitative estimate of drug-likeness (QED) is 0.704. The molecule has 1 saturated heterocycles. The monoisotopic (exact) mass is 384 g/mol. The first kappa shape index (κ1) is 17.7. The normalized spacial score (nSPS) is 17.4. The van der Waals surface area contributed by atoms with E-state index in [4.69, 9.17) is 4.74 Å². The lowest BCUT2D eigenvalue weighted by Crippen LogP contribution is -2.42. The maximum absolute atomic E-state index is 13.0. The Balaban J connectivity index is 1.67. The summed E-state index contributed by atoms with van der Waals surface area (Å²) in [5.41, 5.74) is 0.568. The molecule has 140 valence electrons. The second kappa shape index (κ2) is 7.15. The second-order valence-electron chi connectivity index (χ2n) is 6.70. The fourth-order valence-electron chi connectivity index (χ4n) is 3.61. The van der Waals surface area contributed by atoms with Crippen molar-refractivity contribution >= 4 is 44.2 Å². The number of thiophene rings is 1. The number of hydrogen-bond acceptors (Lipinski definition) is 5. The number of likely N-dealkylation sites (tertiary alicyclic amines) is 1. The number of hydrogen-bond donors (Lipinski definition) is 1. The van der Waals surface area contributed by atoms with Crippen LogP contribution >= 0.6 is 11.3 Å². The van der Waals surface area contributed by atoms with Crippen molar-refractivity contribution in [3.05, 3.63) is 45.6 Å². The van der Waals surface area contributed by atoms with Crippen molar-refractivity contribution in [3.8, 4) is 0 Å². The number of ether oxygens (including phenoxy) is 1. The molecule has 0 radical (unpaired) electrons. The number of carbonyl (C=O) groups is 2. The lowest BCUT2D eigenvalue weighted by atomic mass is 9.98. The number of nitrogens with zero attached hydrogens (tertiary/aromatic N) is 1. The van der Waals surface area contributed by atoms with Crippen LogP contribution in [0.4, 0.5) is 0 Å². The van der Waals surface area contributed by atoms with E-state index in [1.54, 1.807) is 17.9 Å². The van der Waals surface area contributed by atoms with Crippen LogP contribution in [0.5, 0.6) is 0 Å². The highest BCUT2D eigenvalue weighted by Crippen LogP contribution is 2.31. The van der Waals surface area contributed by atoms with E-state index < -0.39 is 0 Å². The molecular formula is C20H20N2O4S. The number of benzene rings is 1. The van der Waals surface area contributed by atoms with Crippen molar-refractivity contribution in [3.63, 3.8) is 0 Å². The Morgan fingerprint density at radius 3 is 2.93 bits per heavy atom. The van der Waals surface area contributed by atoms with Gasteiger partial charge in [0.05, 0.1) is 22.8 Å². The molecule has 1 atom stereocenters. The zero-order chi connectivity index (χ0) is 19.0. The highest BCUT2D eigenvalue weighted by atomic mass is 32.1. The van der Waals surface area contributed by atoms with Crippen molar-refractivity contribution in [2.75, 3.05) is 19.7 Å². The number of amides is 1. The van der Waals surface area contributed by atoms with Crippen LogP contribution in [0.2, 0.25) is 0 Å². The van der Waals surface area contributed by atoms with Gasteiger partial charge in [0.25, 0.3) is 11.5 Å². The van der Waals surface area contributed by atoms with Crippen LogP contribution in [-0.4, -0.2) is 41.5 Å². The zero-order valence-corrected chi connectivity index (χ0v) is 15.8. The number of fused-ring (bicyclic) bond motifs is 3. The average molecular weight is 384 g/mol. The maximum Gasteiger partial charge on any atom is 0.310 e. The van der Waals surface area contributed by atoms with Gasteiger partial charge in [-0.2, -0.15) is 0 Å². The minimum atomic E-state index is -0.277. The van der Waals surface area contributed by atoms with Gasteiger partial charge >= 0.3 is 5.97 Å². The molecule has 3 heterocycles. The predicted molar refractivity (Wildman–Crippen MR) is 105 cm³/mol. The van der Waals surface area contributed by atoms with E-state index in [9.17, 15) is 14.4 Å². The number of pyridine rings is 1. The number of aromatic amines is 1. The fourth-order valence-corrected chi connectivity index (χ4v) is 4.78. The van der Waals surface area contributed by atoms with Gasteiger partial charge in [0.1, 0.15) is 0 Å². The van der Waals surface area contributed by atoms with Gasteiger partial charge in [-0.3, -0.25) is 14.4 Å². The molecule has 0 spiro atoms. The van der Waals surface area contributed by atoms with E-state index in [-0.39, 0.29) is 23.4 Å². The van der Waals surface area contributed by atoms with Crippen LogP contribution in [0, 0.1) is 5.92 Å². The van der Waals surface area contributed by atoms with Crippen LogP contribution in [0.3, 0.4) is 0 Å². The molecule has 1 aliphatic rings. The average Bonchev–Trinajstić information content (AvgIpc) is 3.14. The molecule has 1 fully saturated rings. The third-order valence-electron chi connectivity index (χ3n) is 4.94. The van der Waals surface area contributed by atoms with Gasteiger partial charge < -0.3 is 14.6 Å². The number of nitrogens with one attached hydrogen (secondary N) is 1. The molecule has 1 aromatic carbocycles. The molecule has 1 aliphatic heterocycles. The molecule has 2 aromatic heterocycles. The first-order chi connectivity index (χ1) is 13.1. The third kappa shape index (κ3) is 3.23. The Morgan fingerprint density at radius 1 is 1.30 bits per heavy atom. The molecule has 1 N–H and O–H groups in total. The summed E-state index contributed by atoms with van der Waals surface area (Å²) in [6, 6.07) is 9.24. The maximum atomic E-state index is 13.0. The van der Waals surface area contributed by atoms with Gasteiger partial charge in [-0.1, -0.05) is 18.2 Å². The van der Waals surface area contributed by atoms with Crippen molar-refractivity contribution < 1.29 is 14.3 Å². The highest BCUT2D eigenvalue weighted by molar-refractivity contribution is 7.21. The first-order valence-corrected chi connectivity index (χ1v) is 9.90. The summed E-state index contributed by atoms with van der Waals surface area (Å²) in [5.74, 6) is -0.649. The van der Waals surface area contributed by atoms with E-state index in [1.165, 1.54) is 11.3 Å². The Bertz CT molecular complexity index is 1080. The lowest BCUT2D eigenvalue weighted by Gasteiger charge is -2.31. The predicted octanol–water partition coefficient (Wildman–Crippen LogP) is 3.16. The number of carbonyl (C=O) groups excluding carboxylic acids is 2. The van der Waals surface area contributed by atoms with E-state index in [0.717, 1.165) is 28.4 Å². The number of esters is 1. The standard InChI is InChI=1S/C20H20N2O4S/c1-2-26-20(25)12-6-5-9-22(11-12)19(24)16-10-14-17(27-16)13-7-3-4-8-15(13)21-18(14)23/h3-4,7-8,10,12H,2,5-6,9,11H2,1H3,(H,21,23)/t12-/m0/s1. The van der Waals surface area contributed by atoms with Crippen LogP contribution in [-0.2, 0) is 9.53 Å². The van der Waals surface area contributed by atoms with Gasteiger partial charge in [-0.25, -0.2) is 0 Å². The number of aromatic nitrogens is 1. The zero-order valence-electron chi connectivity index (χ0n) is 15.0. The molecule has 6 nitrogen and oxygen atoms in total. The number of piperidine rings is 1. The molecule has 4 rings (SSSR count). The lowest BCUT2D eigenvalue weighted by molar-refractivity contribution is -0.149. The van der Waals surface area contributed by atoms with Crippen LogP contribution in [0.25, 0.3) is 21.0 Å². The molecular weight excluding hydrogens is 364 g/mol. The van der Waals surface area contributed by atoms with Gasteiger partial charge in [0.2, 0.25) is 0 Å². The largest absolute Gasteiger partial charge is 0.466 e. The molecule has 1 amide bonds. The molecule has 7 heteroatoms. The van der Waals surface area contributed by atoms with E-state index >= 15 is 0 Å². The molecule has 0 unspecified atom stereocenters. The summed E-state index contributed by atoms with van der Waals surface area (Å²) < 4.78 is 5.92. The fraction of sp³-hybridized carbons (Fsp3) is 0.350. The minimum Gasteiger partial charge on any atom is -0.466 e. The number of para-hydroxylation sites is 1. The number of H-pyrrole nitrogens is 1. The summed E-state index contributed by atoms with van der Waals surface area (Å²) in [7, 11) is 0. The summed E-state index contributed by atoms with van der Waals surface area (Å²) in [5, 5.41) is 1.46. The second-order valence-corrected chi connectivity index (χ2v) is 7.75. The van der Waals surface area contributed by atoms with E-state index in [0.29, 0.717) is 30.0 Å². The SMILES string of the molecule is CCOC(=O)[C@H]1CCCN(C(=O)c2cc3c(=O)[nH]c4ccccc4c3s2)C1. The Labute approximate surface area is 159 Å². The Morgan fingerprint density at radius 2 is 2.11 bits per heavy atom. The van der Waals surface area contributed by atoms with Crippen molar-refractivity contribution in [2.45, 2.75) is 19.8 Å². The molecule has 3 aromatic rings. The van der Waals surface area contributed by atoms with E-state index in [1.807, 2.05) is 24.3 Å². The van der Waals surface area contributed by atoms with Gasteiger partial charge in [0, 0.05) is 28.7 Å². The summed E-state index contributed by atoms with van der Waals surface area (Å²) in [6.07, 6.45) is 1.50. The minimum absolute atomic E-state index is 0.131. The van der Waals surface area contributed by atoms with E-state index in [2.05, 4.69) is 4.98 Å². The Hall–Kier alpha value is -2.67. The van der Waals surface area contributed by atoms with Crippen molar-refractivity contribution in [2.24, 2.45) is 5.92 Å². The summed E-state index contributed by atoms with van der Waals surface area (Å²) in [4.78, 5) is 42.5. The molecule has 0 aliphatic carbocycles. The van der Waals surface area contributed by atoms with Crippen molar-refractivity contribution in [1.29, 1.82) is 0 Å². The van der Waals surface area contributed by atoms with Gasteiger partial charge in [-0.15, -0.1) is 11.3 Å². The third-order valence-corrected chi connectivity index (χ3v) is 6.09. The smallest absolute Gasteiger partial charge is 0.310 e. The van der Waals surface area contributed by atoms with Crippen LogP contribution < -0.4 is 5.56 Å². The first-order valence-electron chi connectivity index (χ1n) is 9.09. The van der Waals surface area contributed by atoms with Gasteiger partial charge in [-0.05, 0) is 31.9 Å². The Kier molecular flexibility index (Phi) is 4.70. The molecule has 0 saturated carbocycles. The molecule has 0 bridgehead atoms. The topological polar surface area (TPSA) is 79.5 Å². The summed E-state index contributed by atoms with van der Waals surface area (Å²) in [6.45, 7) is 3.10. The highest BCUT2D eigenvalue weighted by Gasteiger charge is 2.30. The number of rotatable bonds is 3. The van der Waals surface area contributed by atoms with Gasteiger partial charge in [0.15, 0.2) is 0 Å².